The van der Waals surface area contributed by atoms with E-state index in [1.165, 1.54) is 0 Å². The Morgan fingerprint density at radius 1 is 0.931 bits per heavy atom. The van der Waals surface area contributed by atoms with Crippen molar-refractivity contribution in [1.82, 2.24) is 20.4 Å². The number of aromatic nitrogens is 2. The van der Waals surface area contributed by atoms with Gasteiger partial charge in [-0.05, 0) is 55.0 Å². The van der Waals surface area contributed by atoms with Gasteiger partial charge in [0.15, 0.2) is 0 Å². The Bertz CT molecular complexity index is 969. The first kappa shape index (κ1) is 20.9. The molecule has 3 aromatic rings. The number of carbonyl (C=O) groups excluding carboxylic acids is 2. The Morgan fingerprint density at radius 2 is 1.59 bits per heavy atom. The monoisotopic (exact) mass is 430 g/mol. The van der Waals surface area contributed by atoms with Crippen LogP contribution < -0.4 is 10.6 Å². The van der Waals surface area contributed by atoms with Crippen molar-refractivity contribution in [1.29, 1.82) is 0 Å². The van der Waals surface area contributed by atoms with Gasteiger partial charge in [-0.3, -0.25) is 9.59 Å². The van der Waals surface area contributed by atoms with Gasteiger partial charge < -0.3 is 10.6 Å². The minimum atomic E-state index is -0.184. The fourth-order valence-corrected chi connectivity index (χ4v) is 2.88. The van der Waals surface area contributed by atoms with Gasteiger partial charge in [-0.25, -0.2) is 4.68 Å². The fourth-order valence-electron chi connectivity index (χ4n) is 2.63. The summed E-state index contributed by atoms with van der Waals surface area (Å²) in [6.45, 7) is 0.812. The molecule has 0 radical (unpaired) electrons. The van der Waals surface area contributed by atoms with Crippen molar-refractivity contribution >= 4 is 35.0 Å². The lowest BCUT2D eigenvalue weighted by molar-refractivity contribution is -0.121. The summed E-state index contributed by atoms with van der Waals surface area (Å²) in [4.78, 5) is 24.0. The first-order chi connectivity index (χ1) is 14.0. The van der Waals surface area contributed by atoms with Crippen LogP contribution in [0.1, 0.15) is 28.8 Å². The Morgan fingerprint density at radius 3 is 2.28 bits per heavy atom. The molecule has 29 heavy (non-hydrogen) atoms. The Balaban J connectivity index is 1.36. The predicted molar refractivity (Wildman–Crippen MR) is 113 cm³/mol. The third kappa shape index (κ3) is 6.34. The van der Waals surface area contributed by atoms with E-state index in [2.05, 4.69) is 15.7 Å². The highest BCUT2D eigenvalue weighted by Gasteiger charge is 2.07. The van der Waals surface area contributed by atoms with E-state index in [1.54, 1.807) is 47.3 Å². The second kappa shape index (κ2) is 10.1. The lowest BCUT2D eigenvalue weighted by Gasteiger charge is -2.06. The van der Waals surface area contributed by atoms with E-state index in [9.17, 15) is 9.59 Å². The van der Waals surface area contributed by atoms with Crippen LogP contribution in [0.2, 0.25) is 10.0 Å². The largest absolute Gasteiger partial charge is 0.352 e. The van der Waals surface area contributed by atoms with Gasteiger partial charge in [-0.1, -0.05) is 23.2 Å². The summed E-state index contributed by atoms with van der Waals surface area (Å²) in [5, 5.41) is 11.2. The average molecular weight is 431 g/mol. The molecule has 0 fully saturated rings. The summed E-state index contributed by atoms with van der Waals surface area (Å²) < 4.78 is 1.73. The van der Waals surface area contributed by atoms with Gasteiger partial charge in [0.25, 0.3) is 5.91 Å². The van der Waals surface area contributed by atoms with Crippen LogP contribution in [0.5, 0.6) is 0 Å². The van der Waals surface area contributed by atoms with Crippen LogP contribution in [0.25, 0.3) is 5.69 Å². The topological polar surface area (TPSA) is 76.0 Å². The maximum atomic E-state index is 12.0. The quantitative estimate of drug-likeness (QED) is 0.530. The number of nitrogens with zero attached hydrogens (tertiary/aromatic N) is 2. The standard InChI is InChI=1S/C21H20Cl2N4O2/c22-17-5-3-16(4-6-17)21(29)24-11-1-2-20(28)25-12-15-13-26-27(14-15)19-9-7-18(23)8-10-19/h3-10,13-14H,1-2,11-12H2,(H,24,29)(H,25,28). The van der Waals surface area contributed by atoms with Crippen LogP contribution in [0.3, 0.4) is 0 Å². The van der Waals surface area contributed by atoms with Gasteiger partial charge in [0.1, 0.15) is 0 Å². The number of hydrogen-bond donors (Lipinski definition) is 2. The Kier molecular flexibility index (Phi) is 7.27. The predicted octanol–water partition coefficient (Wildman–Crippen LogP) is 4.01. The molecule has 0 bridgehead atoms. The summed E-state index contributed by atoms with van der Waals surface area (Å²) in [5.74, 6) is -0.262. The lowest BCUT2D eigenvalue weighted by atomic mass is 10.2. The lowest BCUT2D eigenvalue weighted by Crippen LogP contribution is -2.27. The molecule has 3 rings (SSSR count). The molecule has 0 aliphatic heterocycles. The van der Waals surface area contributed by atoms with E-state index in [0.29, 0.717) is 41.5 Å². The number of halogens is 2. The Labute approximate surface area is 178 Å². The van der Waals surface area contributed by atoms with Crippen LogP contribution in [-0.4, -0.2) is 28.1 Å². The van der Waals surface area contributed by atoms with E-state index in [0.717, 1.165) is 11.3 Å². The van der Waals surface area contributed by atoms with Gasteiger partial charge in [0, 0.05) is 46.9 Å². The molecule has 0 spiro atoms. The van der Waals surface area contributed by atoms with Crippen molar-refractivity contribution in [3.63, 3.8) is 0 Å². The minimum absolute atomic E-state index is 0.0787. The zero-order valence-electron chi connectivity index (χ0n) is 15.6. The van der Waals surface area contributed by atoms with Gasteiger partial charge in [0.2, 0.25) is 5.91 Å². The number of nitrogens with one attached hydrogen (secondary N) is 2. The van der Waals surface area contributed by atoms with Gasteiger partial charge in [0.05, 0.1) is 11.9 Å². The first-order valence-electron chi connectivity index (χ1n) is 9.11. The molecule has 2 amide bonds. The van der Waals surface area contributed by atoms with Crippen molar-refractivity contribution in [2.75, 3.05) is 6.54 Å². The van der Waals surface area contributed by atoms with Crippen LogP contribution >= 0.6 is 23.2 Å². The van der Waals surface area contributed by atoms with Crippen LogP contribution in [-0.2, 0) is 11.3 Å². The molecule has 1 aromatic heterocycles. The molecule has 0 unspecified atom stereocenters. The third-order valence-corrected chi connectivity index (χ3v) is 4.69. The van der Waals surface area contributed by atoms with Gasteiger partial charge >= 0.3 is 0 Å². The van der Waals surface area contributed by atoms with Crippen LogP contribution in [0, 0.1) is 0 Å². The SMILES string of the molecule is O=C(CCCNC(=O)c1ccc(Cl)cc1)NCc1cnn(-c2ccc(Cl)cc2)c1. The van der Waals surface area contributed by atoms with E-state index in [-0.39, 0.29) is 11.8 Å². The van der Waals surface area contributed by atoms with E-state index in [4.69, 9.17) is 23.2 Å². The zero-order valence-corrected chi connectivity index (χ0v) is 17.1. The highest BCUT2D eigenvalue weighted by Crippen LogP contribution is 2.13. The van der Waals surface area contributed by atoms with Crippen LogP contribution in [0.15, 0.2) is 60.9 Å². The summed E-state index contributed by atoms with van der Waals surface area (Å²) in [6.07, 6.45) is 4.44. The van der Waals surface area contributed by atoms with Crippen molar-refractivity contribution in [3.05, 3.63) is 82.1 Å². The molecular formula is C21H20Cl2N4O2. The summed E-state index contributed by atoms with van der Waals surface area (Å²) >= 11 is 11.7. The molecule has 0 aliphatic carbocycles. The van der Waals surface area contributed by atoms with E-state index < -0.39 is 0 Å². The zero-order chi connectivity index (χ0) is 20.6. The molecule has 2 aromatic carbocycles. The molecular weight excluding hydrogens is 411 g/mol. The Hall–Kier alpha value is -2.83. The summed E-state index contributed by atoms with van der Waals surface area (Å²) in [7, 11) is 0. The normalized spacial score (nSPS) is 10.6. The maximum Gasteiger partial charge on any atom is 0.251 e. The van der Waals surface area contributed by atoms with E-state index in [1.807, 2.05) is 18.3 Å². The van der Waals surface area contributed by atoms with Crippen molar-refractivity contribution in [3.8, 4) is 5.69 Å². The van der Waals surface area contributed by atoms with Crippen molar-refractivity contribution in [2.45, 2.75) is 19.4 Å². The molecule has 0 atom stereocenters. The third-order valence-electron chi connectivity index (χ3n) is 4.19. The molecule has 2 N–H and O–H groups in total. The smallest absolute Gasteiger partial charge is 0.251 e. The highest BCUT2D eigenvalue weighted by molar-refractivity contribution is 6.30. The van der Waals surface area contributed by atoms with Gasteiger partial charge in [-0.15, -0.1) is 0 Å². The van der Waals surface area contributed by atoms with Gasteiger partial charge in [-0.2, -0.15) is 5.10 Å². The molecule has 0 aliphatic rings. The second-order valence-corrected chi connectivity index (χ2v) is 7.29. The molecule has 0 saturated heterocycles. The second-order valence-electron chi connectivity index (χ2n) is 6.41. The maximum absolute atomic E-state index is 12.0. The number of benzene rings is 2. The molecule has 1 heterocycles. The highest BCUT2D eigenvalue weighted by atomic mass is 35.5. The molecule has 150 valence electrons. The van der Waals surface area contributed by atoms with Crippen molar-refractivity contribution < 1.29 is 9.59 Å². The van der Waals surface area contributed by atoms with Crippen LogP contribution in [0.4, 0.5) is 0 Å². The number of carbonyl (C=O) groups is 2. The molecule has 6 nitrogen and oxygen atoms in total. The first-order valence-corrected chi connectivity index (χ1v) is 9.87. The number of amides is 2. The average Bonchev–Trinajstić information content (AvgIpc) is 3.19. The number of hydrogen-bond acceptors (Lipinski definition) is 3. The fraction of sp³-hybridized carbons (Fsp3) is 0.190. The number of rotatable bonds is 8. The summed E-state index contributed by atoms with van der Waals surface area (Å²) in [6, 6.07) is 14.0. The summed E-state index contributed by atoms with van der Waals surface area (Å²) in [5.41, 5.74) is 2.32. The van der Waals surface area contributed by atoms with Crippen molar-refractivity contribution in [2.24, 2.45) is 0 Å². The minimum Gasteiger partial charge on any atom is -0.352 e. The molecule has 0 saturated carbocycles. The van der Waals surface area contributed by atoms with E-state index >= 15 is 0 Å². The molecule has 8 heteroatoms.